The van der Waals surface area contributed by atoms with E-state index in [-0.39, 0.29) is 13.0 Å². The average molecular weight is 610 g/mol. The van der Waals surface area contributed by atoms with Crippen molar-refractivity contribution in [2.45, 2.75) is 112 Å². The molecule has 0 aromatic rings. The predicted molar refractivity (Wildman–Crippen MR) is 130 cm³/mol. The van der Waals surface area contributed by atoms with Crippen molar-refractivity contribution in [3.05, 3.63) is 0 Å². The van der Waals surface area contributed by atoms with Crippen LogP contribution < -0.4 is 0 Å². The second-order valence-corrected chi connectivity index (χ2v) is 10.8. The van der Waals surface area contributed by atoms with E-state index in [1.54, 1.807) is 0 Å². The zero-order chi connectivity index (χ0) is 20.4. The van der Waals surface area contributed by atoms with Gasteiger partial charge in [-0.05, 0) is 17.3 Å². The lowest BCUT2D eigenvalue weighted by molar-refractivity contribution is -0.140. The van der Waals surface area contributed by atoms with Crippen molar-refractivity contribution in [1.29, 1.82) is 0 Å². The fraction of sp³-hybridized carbons (Fsp3) is 0.952. The lowest BCUT2D eigenvalue weighted by Crippen LogP contribution is -2.36. The molecule has 0 aromatic heterocycles. The molecule has 2 atom stereocenters. The SMILES string of the molecule is O=C(O)C(I)(CCCCCCCCCCCCCCCCI)CC(O)CO. The van der Waals surface area contributed by atoms with E-state index in [1.165, 1.54) is 75.1 Å². The summed E-state index contributed by atoms with van der Waals surface area (Å²) in [5, 5.41) is 27.9. The summed E-state index contributed by atoms with van der Waals surface area (Å²) in [6.07, 6.45) is 17.7. The minimum Gasteiger partial charge on any atom is -0.480 e. The van der Waals surface area contributed by atoms with Crippen LogP contribution >= 0.6 is 45.2 Å². The Bertz CT molecular complexity index is 355. The molecule has 27 heavy (non-hydrogen) atoms. The lowest BCUT2D eigenvalue weighted by Gasteiger charge is -2.24. The molecule has 0 aliphatic carbocycles. The third-order valence-corrected chi connectivity index (χ3v) is 7.31. The van der Waals surface area contributed by atoms with Crippen LogP contribution in [0.15, 0.2) is 0 Å². The van der Waals surface area contributed by atoms with E-state index in [2.05, 4.69) is 22.6 Å². The quantitative estimate of drug-likeness (QED) is 0.0863. The first-order chi connectivity index (χ1) is 13.0. The molecule has 0 rings (SSSR count). The molecule has 0 heterocycles. The standard InChI is InChI=1S/C21H40I2O4/c22-16-14-12-10-8-6-4-2-1-3-5-7-9-11-13-15-21(23,20(26)27)17-19(25)18-24/h19,24-25H,1-18H2,(H,26,27). The monoisotopic (exact) mass is 610 g/mol. The normalized spacial score (nSPS) is 14.8. The van der Waals surface area contributed by atoms with Gasteiger partial charge in [-0.25, -0.2) is 0 Å². The number of carbonyl (C=O) groups is 1. The first-order valence-electron chi connectivity index (χ1n) is 10.7. The predicted octanol–water partition coefficient (Wildman–Crippen LogP) is 6.27. The molecule has 2 unspecified atom stereocenters. The number of alkyl halides is 2. The van der Waals surface area contributed by atoms with Crippen molar-refractivity contribution in [3.8, 4) is 0 Å². The third-order valence-electron chi connectivity index (χ3n) is 5.11. The van der Waals surface area contributed by atoms with Crippen LogP contribution in [0.2, 0.25) is 0 Å². The van der Waals surface area contributed by atoms with E-state index in [9.17, 15) is 15.0 Å². The van der Waals surface area contributed by atoms with Gasteiger partial charge in [-0.2, -0.15) is 0 Å². The fourth-order valence-corrected chi connectivity index (χ4v) is 4.78. The lowest BCUT2D eigenvalue weighted by atomic mass is 9.94. The number of unbranched alkanes of at least 4 members (excludes halogenated alkanes) is 13. The maximum Gasteiger partial charge on any atom is 0.319 e. The van der Waals surface area contributed by atoms with Gasteiger partial charge in [0, 0.05) is 6.42 Å². The molecule has 0 spiro atoms. The highest BCUT2D eigenvalue weighted by Gasteiger charge is 2.36. The first-order valence-corrected chi connectivity index (χ1v) is 13.3. The number of aliphatic hydroxyl groups excluding tert-OH is 2. The van der Waals surface area contributed by atoms with Crippen molar-refractivity contribution < 1.29 is 20.1 Å². The highest BCUT2D eigenvalue weighted by molar-refractivity contribution is 14.1. The van der Waals surface area contributed by atoms with Crippen LogP contribution in [0.4, 0.5) is 0 Å². The average Bonchev–Trinajstić information content (AvgIpc) is 2.64. The summed E-state index contributed by atoms with van der Waals surface area (Å²) >= 11 is 4.39. The zero-order valence-electron chi connectivity index (χ0n) is 16.8. The van der Waals surface area contributed by atoms with Crippen molar-refractivity contribution in [2.75, 3.05) is 11.0 Å². The summed E-state index contributed by atoms with van der Waals surface area (Å²) in [6, 6.07) is 0. The minimum atomic E-state index is -0.962. The summed E-state index contributed by atoms with van der Waals surface area (Å²) < 4.78 is 0.333. The Morgan fingerprint density at radius 3 is 1.48 bits per heavy atom. The van der Waals surface area contributed by atoms with Gasteiger partial charge in [0.25, 0.3) is 0 Å². The maximum absolute atomic E-state index is 11.5. The van der Waals surface area contributed by atoms with Gasteiger partial charge in [-0.3, -0.25) is 4.79 Å². The van der Waals surface area contributed by atoms with Gasteiger partial charge in [-0.15, -0.1) is 0 Å². The molecule has 162 valence electrons. The summed E-state index contributed by atoms with van der Waals surface area (Å²) in [6.45, 7) is -0.378. The molecule has 6 heteroatoms. The highest BCUT2D eigenvalue weighted by Crippen LogP contribution is 2.32. The largest absolute Gasteiger partial charge is 0.480 e. The van der Waals surface area contributed by atoms with Crippen molar-refractivity contribution in [1.82, 2.24) is 0 Å². The number of hydrogen-bond donors (Lipinski definition) is 3. The second-order valence-electron chi connectivity index (χ2n) is 7.70. The van der Waals surface area contributed by atoms with Gasteiger partial charge < -0.3 is 15.3 Å². The van der Waals surface area contributed by atoms with Crippen LogP contribution in [0, 0.1) is 0 Å². The van der Waals surface area contributed by atoms with E-state index in [0.717, 1.165) is 19.3 Å². The molecule has 0 aliphatic heterocycles. The van der Waals surface area contributed by atoms with Crippen LogP contribution in [0.3, 0.4) is 0 Å². The number of halogens is 2. The van der Waals surface area contributed by atoms with E-state index in [1.807, 2.05) is 22.6 Å². The molecule has 0 aromatic carbocycles. The smallest absolute Gasteiger partial charge is 0.319 e. The van der Waals surface area contributed by atoms with Crippen molar-refractivity contribution >= 4 is 51.2 Å². The Balaban J connectivity index is 3.49. The van der Waals surface area contributed by atoms with Crippen LogP contribution in [0.25, 0.3) is 0 Å². The molecule has 0 fully saturated rings. The molecule has 0 amide bonds. The molecular formula is C21H40I2O4. The van der Waals surface area contributed by atoms with Crippen LogP contribution in [0.5, 0.6) is 0 Å². The topological polar surface area (TPSA) is 77.8 Å². The molecule has 0 saturated heterocycles. The van der Waals surface area contributed by atoms with E-state index >= 15 is 0 Å². The Kier molecular flexibility index (Phi) is 19.4. The maximum atomic E-state index is 11.5. The summed E-state index contributed by atoms with van der Waals surface area (Å²) in [5.74, 6) is -0.888. The summed E-state index contributed by atoms with van der Waals surface area (Å²) in [7, 11) is 0. The Morgan fingerprint density at radius 2 is 1.15 bits per heavy atom. The van der Waals surface area contributed by atoms with E-state index in [4.69, 9.17) is 5.11 Å². The van der Waals surface area contributed by atoms with Gasteiger partial charge in [0.2, 0.25) is 0 Å². The van der Waals surface area contributed by atoms with Gasteiger partial charge in [0.15, 0.2) is 0 Å². The van der Waals surface area contributed by atoms with Crippen LogP contribution in [-0.4, -0.2) is 41.8 Å². The second kappa shape index (κ2) is 18.9. The third kappa shape index (κ3) is 16.3. The summed E-state index contributed by atoms with van der Waals surface area (Å²) in [4.78, 5) is 11.5. The first kappa shape index (κ1) is 27.8. The molecular weight excluding hydrogens is 570 g/mol. The molecule has 0 aliphatic rings. The Morgan fingerprint density at radius 1 is 0.778 bits per heavy atom. The van der Waals surface area contributed by atoms with Crippen molar-refractivity contribution in [2.24, 2.45) is 0 Å². The van der Waals surface area contributed by atoms with Gasteiger partial charge in [0.05, 0.1) is 12.7 Å². The minimum absolute atomic E-state index is 0.109. The number of hydrogen-bond acceptors (Lipinski definition) is 3. The molecule has 4 nitrogen and oxygen atoms in total. The van der Waals surface area contributed by atoms with E-state index < -0.39 is 15.5 Å². The van der Waals surface area contributed by atoms with Gasteiger partial charge in [-0.1, -0.05) is 129 Å². The van der Waals surface area contributed by atoms with Gasteiger partial charge >= 0.3 is 5.97 Å². The van der Waals surface area contributed by atoms with Crippen LogP contribution in [-0.2, 0) is 4.79 Å². The fourth-order valence-electron chi connectivity index (χ4n) is 3.36. The number of carboxylic acid groups (broad SMARTS) is 1. The van der Waals surface area contributed by atoms with Gasteiger partial charge in [0.1, 0.15) is 3.42 Å². The Labute approximate surface area is 193 Å². The van der Waals surface area contributed by atoms with Crippen molar-refractivity contribution in [3.63, 3.8) is 0 Å². The number of aliphatic carboxylic acids is 1. The Hall–Kier alpha value is 0.850. The molecule has 3 N–H and O–H groups in total. The summed E-state index contributed by atoms with van der Waals surface area (Å²) in [5.41, 5.74) is 0. The number of aliphatic hydroxyl groups is 2. The molecule has 0 saturated carbocycles. The molecule has 0 bridgehead atoms. The van der Waals surface area contributed by atoms with Crippen LogP contribution in [0.1, 0.15) is 103 Å². The zero-order valence-corrected chi connectivity index (χ0v) is 21.1. The number of rotatable bonds is 20. The molecule has 0 radical (unpaired) electrons. The number of carboxylic acids is 1. The highest BCUT2D eigenvalue weighted by atomic mass is 127. The van der Waals surface area contributed by atoms with E-state index in [0.29, 0.717) is 6.42 Å².